The Labute approximate surface area is 114 Å². The molecule has 1 saturated heterocycles. The lowest BCUT2D eigenvalue weighted by molar-refractivity contribution is -0.133. The monoisotopic (exact) mass is 273 g/mol. The maximum atomic E-state index is 12.9. The number of nitrogens with zero attached hydrogens (tertiary/aromatic N) is 1. The molecule has 0 aromatic heterocycles. The van der Waals surface area contributed by atoms with Crippen molar-refractivity contribution in [2.24, 2.45) is 5.41 Å². The Kier molecular flexibility index (Phi) is 4.55. The molecule has 2 nitrogen and oxygen atoms in total. The fraction of sp³-hybridized carbons (Fsp3) is 0.800. The van der Waals surface area contributed by atoms with Crippen LogP contribution in [0.1, 0.15) is 54.4 Å². The largest absolute Gasteiger partial charge is 0.297 e. The van der Waals surface area contributed by atoms with Crippen LogP contribution in [0.3, 0.4) is 0 Å². The molecule has 110 valence electrons. The van der Waals surface area contributed by atoms with Crippen molar-refractivity contribution in [3.8, 4) is 0 Å². The molecule has 0 aliphatic carbocycles. The normalized spacial score (nSPS) is 21.9. The van der Waals surface area contributed by atoms with Crippen molar-refractivity contribution in [1.82, 2.24) is 4.90 Å². The lowest BCUT2D eigenvalue weighted by Crippen LogP contribution is -2.50. The van der Waals surface area contributed by atoms with Crippen molar-refractivity contribution in [3.05, 3.63) is 11.7 Å². The van der Waals surface area contributed by atoms with Crippen LogP contribution < -0.4 is 0 Å². The SMILES string of the molecule is CCC(C)(C)C(=O)[C@@H]1CC(=C(F)F)CN1C(C)(C)C. The fourth-order valence-electron chi connectivity index (χ4n) is 2.43. The molecule has 1 heterocycles. The Morgan fingerprint density at radius 2 is 1.79 bits per heavy atom. The van der Waals surface area contributed by atoms with Crippen LogP contribution in [-0.4, -0.2) is 28.8 Å². The first kappa shape index (κ1) is 16.3. The topological polar surface area (TPSA) is 20.3 Å². The first-order valence-corrected chi connectivity index (χ1v) is 6.84. The summed E-state index contributed by atoms with van der Waals surface area (Å²) < 4.78 is 25.7. The molecule has 0 amide bonds. The van der Waals surface area contributed by atoms with E-state index in [4.69, 9.17) is 0 Å². The first-order valence-electron chi connectivity index (χ1n) is 6.84. The van der Waals surface area contributed by atoms with E-state index < -0.39 is 17.5 Å². The maximum absolute atomic E-state index is 12.9. The second kappa shape index (κ2) is 5.31. The van der Waals surface area contributed by atoms with E-state index in [0.717, 1.165) is 6.42 Å². The highest BCUT2D eigenvalue weighted by Crippen LogP contribution is 2.36. The zero-order valence-electron chi connectivity index (χ0n) is 12.8. The number of carbonyl (C=O) groups is 1. The molecule has 4 heteroatoms. The van der Waals surface area contributed by atoms with Crippen molar-refractivity contribution < 1.29 is 13.6 Å². The molecule has 0 aromatic carbocycles. The van der Waals surface area contributed by atoms with Gasteiger partial charge in [0.2, 0.25) is 0 Å². The number of halogens is 2. The van der Waals surface area contributed by atoms with Crippen LogP contribution in [0.5, 0.6) is 0 Å². The van der Waals surface area contributed by atoms with Crippen LogP contribution in [0, 0.1) is 5.41 Å². The highest BCUT2D eigenvalue weighted by Gasteiger charge is 2.44. The van der Waals surface area contributed by atoms with Crippen LogP contribution in [0.2, 0.25) is 0 Å². The van der Waals surface area contributed by atoms with Gasteiger partial charge in [0.25, 0.3) is 6.08 Å². The molecule has 0 unspecified atom stereocenters. The van der Waals surface area contributed by atoms with E-state index in [2.05, 4.69) is 0 Å². The van der Waals surface area contributed by atoms with Gasteiger partial charge in [0.15, 0.2) is 5.78 Å². The molecular weight excluding hydrogens is 248 g/mol. The number of Topliss-reactive ketones (excluding diaryl/α,β-unsaturated/α-hetero) is 1. The summed E-state index contributed by atoms with van der Waals surface area (Å²) in [6.45, 7) is 11.8. The van der Waals surface area contributed by atoms with E-state index in [1.807, 2.05) is 46.4 Å². The molecule has 0 bridgehead atoms. The third kappa shape index (κ3) is 3.41. The summed E-state index contributed by atoms with van der Waals surface area (Å²) in [7, 11) is 0. The molecule has 1 atom stereocenters. The molecule has 19 heavy (non-hydrogen) atoms. The van der Waals surface area contributed by atoms with Gasteiger partial charge in [-0.25, -0.2) is 0 Å². The summed E-state index contributed by atoms with van der Waals surface area (Å²) in [5.74, 6) is 0.0705. The Hall–Kier alpha value is -0.770. The molecular formula is C15H25F2NO. The third-order valence-electron chi connectivity index (χ3n) is 4.16. The minimum absolute atomic E-state index is 0.0705. The van der Waals surface area contributed by atoms with Crippen molar-refractivity contribution >= 4 is 5.78 Å². The second-order valence-electron chi connectivity index (χ2n) is 6.98. The fourth-order valence-corrected chi connectivity index (χ4v) is 2.43. The Morgan fingerprint density at radius 3 is 2.16 bits per heavy atom. The Morgan fingerprint density at radius 1 is 1.26 bits per heavy atom. The van der Waals surface area contributed by atoms with Crippen molar-refractivity contribution in [2.45, 2.75) is 66.0 Å². The summed E-state index contributed by atoms with van der Waals surface area (Å²) >= 11 is 0. The van der Waals surface area contributed by atoms with Gasteiger partial charge in [0.1, 0.15) is 0 Å². The van der Waals surface area contributed by atoms with Gasteiger partial charge in [-0.3, -0.25) is 9.69 Å². The Bertz CT molecular complexity index is 389. The first-order chi connectivity index (χ1) is 8.50. The average molecular weight is 273 g/mol. The standard InChI is InChI=1S/C15H25F2NO/c1-7-15(5,6)12(19)11-8-10(13(16)17)9-18(11)14(2,3)4/h11H,7-9H2,1-6H3/t11-/m0/s1. The zero-order chi connectivity index (χ0) is 15.0. The number of likely N-dealkylation sites (tertiary alicyclic amines) is 1. The number of ketones is 1. The summed E-state index contributed by atoms with van der Waals surface area (Å²) in [4.78, 5) is 14.5. The van der Waals surface area contributed by atoms with Crippen LogP contribution in [-0.2, 0) is 4.79 Å². The lowest BCUT2D eigenvalue weighted by Gasteiger charge is -2.38. The summed E-state index contributed by atoms with van der Waals surface area (Å²) in [5, 5.41) is 0. The summed E-state index contributed by atoms with van der Waals surface area (Å²) in [5.41, 5.74) is -0.641. The van der Waals surface area contributed by atoms with E-state index in [1.165, 1.54) is 0 Å². The van der Waals surface area contributed by atoms with Crippen LogP contribution in [0.4, 0.5) is 8.78 Å². The average Bonchev–Trinajstić information content (AvgIpc) is 2.72. The molecule has 1 aliphatic rings. The number of hydrogen-bond donors (Lipinski definition) is 0. The molecule has 0 saturated carbocycles. The zero-order valence-corrected chi connectivity index (χ0v) is 12.8. The van der Waals surface area contributed by atoms with Crippen LogP contribution in [0.25, 0.3) is 0 Å². The molecule has 1 rings (SSSR count). The number of hydrogen-bond acceptors (Lipinski definition) is 2. The molecule has 0 radical (unpaired) electrons. The minimum atomic E-state index is -1.63. The third-order valence-corrected chi connectivity index (χ3v) is 4.16. The van der Waals surface area contributed by atoms with Crippen LogP contribution >= 0.6 is 0 Å². The van der Waals surface area contributed by atoms with E-state index in [-0.39, 0.29) is 29.9 Å². The van der Waals surface area contributed by atoms with E-state index in [0.29, 0.717) is 0 Å². The van der Waals surface area contributed by atoms with Gasteiger partial charge in [-0.05, 0) is 33.6 Å². The van der Waals surface area contributed by atoms with Crippen molar-refractivity contribution in [1.29, 1.82) is 0 Å². The maximum Gasteiger partial charge on any atom is 0.270 e. The molecule has 1 aliphatic heterocycles. The quantitative estimate of drug-likeness (QED) is 0.774. The van der Waals surface area contributed by atoms with Gasteiger partial charge in [0, 0.05) is 23.1 Å². The highest BCUT2D eigenvalue weighted by molar-refractivity contribution is 5.89. The summed E-state index contributed by atoms with van der Waals surface area (Å²) in [6, 6.07) is -0.425. The van der Waals surface area contributed by atoms with Gasteiger partial charge >= 0.3 is 0 Å². The Balaban J connectivity index is 3.10. The van der Waals surface area contributed by atoms with E-state index >= 15 is 0 Å². The molecule has 0 N–H and O–H groups in total. The van der Waals surface area contributed by atoms with Gasteiger partial charge in [-0.2, -0.15) is 8.78 Å². The molecule has 0 spiro atoms. The van der Waals surface area contributed by atoms with E-state index in [1.54, 1.807) is 0 Å². The van der Waals surface area contributed by atoms with Crippen molar-refractivity contribution in [2.75, 3.05) is 6.54 Å². The smallest absolute Gasteiger partial charge is 0.270 e. The van der Waals surface area contributed by atoms with E-state index in [9.17, 15) is 13.6 Å². The number of carbonyl (C=O) groups excluding carboxylic acids is 1. The molecule has 0 aromatic rings. The lowest BCUT2D eigenvalue weighted by atomic mass is 9.80. The van der Waals surface area contributed by atoms with Gasteiger partial charge in [0.05, 0.1) is 6.04 Å². The highest BCUT2D eigenvalue weighted by atomic mass is 19.3. The summed E-state index contributed by atoms with van der Waals surface area (Å²) in [6.07, 6.45) is -0.738. The van der Waals surface area contributed by atoms with Crippen LogP contribution in [0.15, 0.2) is 11.7 Å². The number of rotatable bonds is 3. The predicted molar refractivity (Wildman–Crippen MR) is 73.2 cm³/mol. The minimum Gasteiger partial charge on any atom is -0.297 e. The van der Waals surface area contributed by atoms with Crippen molar-refractivity contribution in [3.63, 3.8) is 0 Å². The van der Waals surface area contributed by atoms with Gasteiger partial charge < -0.3 is 0 Å². The molecule has 1 fully saturated rings. The predicted octanol–water partition coefficient (Wildman–Crippen LogP) is 4.02. The van der Waals surface area contributed by atoms with Gasteiger partial charge in [-0.1, -0.05) is 20.8 Å². The van der Waals surface area contributed by atoms with Gasteiger partial charge in [-0.15, -0.1) is 0 Å². The second-order valence-corrected chi connectivity index (χ2v) is 6.98.